The Hall–Kier alpha value is -2.98. The van der Waals surface area contributed by atoms with Crippen LogP contribution >= 0.6 is 11.6 Å². The van der Waals surface area contributed by atoms with Crippen molar-refractivity contribution in [2.24, 2.45) is 0 Å². The van der Waals surface area contributed by atoms with E-state index in [4.69, 9.17) is 16.3 Å². The molecular weight excluding hydrogens is 408 g/mol. The summed E-state index contributed by atoms with van der Waals surface area (Å²) in [5.74, 6) is 0.787. The van der Waals surface area contributed by atoms with Crippen LogP contribution in [0.25, 0.3) is 0 Å². The van der Waals surface area contributed by atoms with Crippen LogP contribution in [0.4, 0.5) is 5.69 Å². The molecule has 4 rings (SSSR count). The minimum atomic E-state index is 0.0678. The third kappa shape index (κ3) is 4.86. The number of carbonyl (C=O) groups excluding carboxylic acids is 1. The second-order valence-electron chi connectivity index (χ2n) is 7.90. The number of hydrogen-bond acceptors (Lipinski definition) is 3. The maximum absolute atomic E-state index is 12.9. The molecule has 1 saturated heterocycles. The molecule has 0 aromatic heterocycles. The number of nitrogens with zero attached hydrogens (tertiary/aromatic N) is 2. The number of ether oxygens (including phenoxy) is 1. The van der Waals surface area contributed by atoms with E-state index < -0.39 is 0 Å². The Kier molecular flexibility index (Phi) is 6.47. The molecule has 3 aromatic carbocycles. The fraction of sp³-hybridized carbons (Fsp3) is 0.269. The zero-order chi connectivity index (χ0) is 21.8. The number of amides is 1. The molecule has 0 N–H and O–H groups in total. The zero-order valence-electron chi connectivity index (χ0n) is 18.0. The fourth-order valence-electron chi connectivity index (χ4n) is 3.88. The SMILES string of the molecule is Cc1cccc(N2CCN(C(=O)c3ccc(OCc4ccccc4Cl)cc3)CC2)c1C. The highest BCUT2D eigenvalue weighted by atomic mass is 35.5. The molecule has 0 spiro atoms. The molecule has 0 aliphatic carbocycles. The monoisotopic (exact) mass is 434 g/mol. The Balaban J connectivity index is 1.34. The van der Waals surface area contributed by atoms with E-state index in [0.717, 1.165) is 37.5 Å². The smallest absolute Gasteiger partial charge is 0.253 e. The number of carbonyl (C=O) groups is 1. The van der Waals surface area contributed by atoms with Gasteiger partial charge in [-0.2, -0.15) is 0 Å². The summed E-state index contributed by atoms with van der Waals surface area (Å²) < 4.78 is 5.82. The van der Waals surface area contributed by atoms with Crippen molar-refractivity contribution < 1.29 is 9.53 Å². The maximum atomic E-state index is 12.9. The number of benzene rings is 3. The molecule has 5 heteroatoms. The standard InChI is InChI=1S/C26H27ClN2O2/c1-19-6-5-9-25(20(19)2)28-14-16-29(17-15-28)26(30)21-10-12-23(13-11-21)31-18-22-7-3-4-8-24(22)27/h3-13H,14-18H2,1-2H3. The number of piperazine rings is 1. The van der Waals surface area contributed by atoms with Crippen LogP contribution in [-0.2, 0) is 6.61 Å². The minimum Gasteiger partial charge on any atom is -0.489 e. The molecule has 0 radical (unpaired) electrons. The van der Waals surface area contributed by atoms with Gasteiger partial charge < -0.3 is 14.5 Å². The normalized spacial score (nSPS) is 13.9. The molecular formula is C26H27ClN2O2. The third-order valence-electron chi connectivity index (χ3n) is 5.94. The van der Waals surface area contributed by atoms with E-state index in [2.05, 4.69) is 36.9 Å². The van der Waals surface area contributed by atoms with E-state index in [9.17, 15) is 4.79 Å². The fourth-order valence-corrected chi connectivity index (χ4v) is 4.07. The van der Waals surface area contributed by atoms with Crippen LogP contribution in [0, 0.1) is 13.8 Å². The topological polar surface area (TPSA) is 32.8 Å². The average molecular weight is 435 g/mol. The van der Waals surface area contributed by atoms with Crippen molar-refractivity contribution in [3.8, 4) is 5.75 Å². The summed E-state index contributed by atoms with van der Waals surface area (Å²) in [5, 5.41) is 0.689. The van der Waals surface area contributed by atoms with Crippen molar-refractivity contribution in [2.45, 2.75) is 20.5 Å². The Morgan fingerprint density at radius 1 is 0.903 bits per heavy atom. The van der Waals surface area contributed by atoms with E-state index in [1.807, 2.05) is 53.4 Å². The van der Waals surface area contributed by atoms with Crippen molar-refractivity contribution in [3.05, 3.63) is 94.0 Å². The predicted molar refractivity (Wildman–Crippen MR) is 126 cm³/mol. The lowest BCUT2D eigenvalue weighted by Crippen LogP contribution is -2.49. The van der Waals surface area contributed by atoms with Gasteiger partial charge in [-0.05, 0) is 61.4 Å². The van der Waals surface area contributed by atoms with Gasteiger partial charge in [0.15, 0.2) is 0 Å². The summed E-state index contributed by atoms with van der Waals surface area (Å²) in [5.41, 5.74) is 5.51. The van der Waals surface area contributed by atoms with Gasteiger partial charge in [-0.25, -0.2) is 0 Å². The molecule has 0 atom stereocenters. The van der Waals surface area contributed by atoms with Gasteiger partial charge in [0.1, 0.15) is 12.4 Å². The molecule has 1 fully saturated rings. The lowest BCUT2D eigenvalue weighted by molar-refractivity contribution is 0.0746. The van der Waals surface area contributed by atoms with Crippen LogP contribution in [0.15, 0.2) is 66.7 Å². The van der Waals surface area contributed by atoms with Gasteiger partial charge in [0.2, 0.25) is 0 Å². The van der Waals surface area contributed by atoms with Gasteiger partial charge in [-0.3, -0.25) is 4.79 Å². The molecule has 1 amide bonds. The summed E-state index contributed by atoms with van der Waals surface area (Å²) in [6.07, 6.45) is 0. The first-order chi connectivity index (χ1) is 15.0. The lowest BCUT2D eigenvalue weighted by atomic mass is 10.1. The first-order valence-corrected chi connectivity index (χ1v) is 11.0. The zero-order valence-corrected chi connectivity index (χ0v) is 18.7. The molecule has 160 valence electrons. The molecule has 0 unspecified atom stereocenters. The van der Waals surface area contributed by atoms with Crippen LogP contribution in [0.5, 0.6) is 5.75 Å². The number of rotatable bonds is 5. The second-order valence-corrected chi connectivity index (χ2v) is 8.31. The van der Waals surface area contributed by atoms with E-state index in [0.29, 0.717) is 17.2 Å². The van der Waals surface area contributed by atoms with E-state index in [1.54, 1.807) is 0 Å². The summed E-state index contributed by atoms with van der Waals surface area (Å²) in [7, 11) is 0. The van der Waals surface area contributed by atoms with E-state index in [-0.39, 0.29) is 5.91 Å². The number of aryl methyl sites for hydroxylation is 1. The van der Waals surface area contributed by atoms with Crippen molar-refractivity contribution in [1.29, 1.82) is 0 Å². The highest BCUT2D eigenvalue weighted by Crippen LogP contribution is 2.25. The highest BCUT2D eigenvalue weighted by Gasteiger charge is 2.23. The van der Waals surface area contributed by atoms with Crippen LogP contribution in [0.2, 0.25) is 5.02 Å². The highest BCUT2D eigenvalue weighted by molar-refractivity contribution is 6.31. The number of hydrogen-bond donors (Lipinski definition) is 0. The van der Waals surface area contributed by atoms with Gasteiger partial charge in [-0.1, -0.05) is 41.9 Å². The summed E-state index contributed by atoms with van der Waals surface area (Å²) in [6, 6.07) is 21.4. The average Bonchev–Trinajstić information content (AvgIpc) is 2.80. The first kappa shape index (κ1) is 21.3. The molecule has 1 aliphatic heterocycles. The molecule has 0 saturated carbocycles. The molecule has 1 heterocycles. The van der Waals surface area contributed by atoms with Gasteiger partial charge >= 0.3 is 0 Å². The van der Waals surface area contributed by atoms with Gasteiger partial charge in [0.05, 0.1) is 0 Å². The Morgan fingerprint density at radius 2 is 1.61 bits per heavy atom. The van der Waals surface area contributed by atoms with Gasteiger partial charge in [0, 0.05) is 48.0 Å². The largest absolute Gasteiger partial charge is 0.489 e. The van der Waals surface area contributed by atoms with Crippen molar-refractivity contribution in [3.63, 3.8) is 0 Å². The van der Waals surface area contributed by atoms with E-state index in [1.165, 1.54) is 16.8 Å². The maximum Gasteiger partial charge on any atom is 0.253 e. The van der Waals surface area contributed by atoms with Gasteiger partial charge in [-0.15, -0.1) is 0 Å². The van der Waals surface area contributed by atoms with E-state index >= 15 is 0 Å². The summed E-state index contributed by atoms with van der Waals surface area (Å²) >= 11 is 6.18. The molecule has 0 bridgehead atoms. The first-order valence-electron chi connectivity index (χ1n) is 10.6. The Labute approximate surface area is 189 Å². The van der Waals surface area contributed by atoms with Crippen LogP contribution in [-0.4, -0.2) is 37.0 Å². The van der Waals surface area contributed by atoms with Crippen LogP contribution in [0.1, 0.15) is 27.0 Å². The summed E-state index contributed by atoms with van der Waals surface area (Å²) in [6.45, 7) is 7.82. The second kappa shape index (κ2) is 9.44. The quantitative estimate of drug-likeness (QED) is 0.531. The van der Waals surface area contributed by atoms with Crippen molar-refractivity contribution in [1.82, 2.24) is 4.90 Å². The number of halogens is 1. The lowest BCUT2D eigenvalue weighted by Gasteiger charge is -2.37. The number of anilines is 1. The molecule has 3 aromatic rings. The van der Waals surface area contributed by atoms with Crippen molar-refractivity contribution in [2.75, 3.05) is 31.1 Å². The van der Waals surface area contributed by atoms with Crippen LogP contribution in [0.3, 0.4) is 0 Å². The minimum absolute atomic E-state index is 0.0678. The Bertz CT molecular complexity index is 1060. The Morgan fingerprint density at radius 3 is 2.32 bits per heavy atom. The molecule has 31 heavy (non-hydrogen) atoms. The molecule has 1 aliphatic rings. The predicted octanol–water partition coefficient (Wildman–Crippen LogP) is 5.50. The van der Waals surface area contributed by atoms with Crippen LogP contribution < -0.4 is 9.64 Å². The molecule has 4 nitrogen and oxygen atoms in total. The summed E-state index contributed by atoms with van der Waals surface area (Å²) in [4.78, 5) is 17.3. The third-order valence-corrected chi connectivity index (χ3v) is 6.31. The van der Waals surface area contributed by atoms with Gasteiger partial charge in [0.25, 0.3) is 5.91 Å². The van der Waals surface area contributed by atoms with Crippen molar-refractivity contribution >= 4 is 23.2 Å².